The van der Waals surface area contributed by atoms with E-state index in [1.807, 2.05) is 36.6 Å². The van der Waals surface area contributed by atoms with Gasteiger partial charge in [-0.1, -0.05) is 29.8 Å². The zero-order chi connectivity index (χ0) is 13.9. The third-order valence-corrected chi connectivity index (χ3v) is 3.90. The first-order valence-electron chi connectivity index (χ1n) is 5.84. The van der Waals surface area contributed by atoms with E-state index in [0.717, 1.165) is 23.0 Å². The van der Waals surface area contributed by atoms with Crippen molar-refractivity contribution in [1.29, 1.82) is 0 Å². The topological polar surface area (TPSA) is 67.8 Å². The highest BCUT2D eigenvalue weighted by atomic mass is 32.1. The molecule has 0 unspecified atom stereocenters. The quantitative estimate of drug-likeness (QED) is 0.806. The van der Waals surface area contributed by atoms with E-state index in [9.17, 15) is 4.79 Å². The van der Waals surface area contributed by atoms with Crippen LogP contribution in [0, 0.1) is 6.92 Å². The molecule has 0 bridgehead atoms. The number of carbonyl (C=O) groups is 1. The molecule has 0 atom stereocenters. The average molecular weight is 302 g/mol. The van der Waals surface area contributed by atoms with Crippen molar-refractivity contribution in [3.05, 3.63) is 47.1 Å². The van der Waals surface area contributed by atoms with Crippen LogP contribution in [0.1, 0.15) is 16.1 Å². The van der Waals surface area contributed by atoms with E-state index in [1.165, 1.54) is 23.1 Å². The van der Waals surface area contributed by atoms with Crippen LogP contribution < -0.4 is 5.32 Å². The zero-order valence-corrected chi connectivity index (χ0v) is 12.2. The number of aromatic nitrogens is 3. The molecule has 0 aliphatic heterocycles. The molecule has 0 fully saturated rings. The number of hydrogen-bond acceptors (Lipinski definition) is 6. The Hall–Kier alpha value is -2.12. The molecule has 2 aromatic heterocycles. The van der Waals surface area contributed by atoms with Gasteiger partial charge in [-0.05, 0) is 6.92 Å². The van der Waals surface area contributed by atoms with E-state index in [0.29, 0.717) is 10.8 Å². The van der Waals surface area contributed by atoms with Crippen LogP contribution in [-0.4, -0.2) is 19.6 Å². The lowest BCUT2D eigenvalue weighted by molar-refractivity contribution is 0.102. The Labute approximate surface area is 123 Å². The Balaban J connectivity index is 1.77. The molecule has 0 radical (unpaired) electrons. The first-order valence-corrected chi connectivity index (χ1v) is 7.45. The standard InChI is InChI=1S/C13H10N4OS2/c1-8-2-4-9(5-3-8)11-7-19-13(15-11)16-12(18)10-6-14-20-17-10/h2-7H,1H3,(H,15,16,18). The summed E-state index contributed by atoms with van der Waals surface area (Å²) < 4.78 is 7.68. The molecular formula is C13H10N4OS2. The predicted octanol–water partition coefficient (Wildman–Crippen LogP) is 3.22. The fraction of sp³-hybridized carbons (Fsp3) is 0.0769. The van der Waals surface area contributed by atoms with Gasteiger partial charge in [-0.25, -0.2) is 4.98 Å². The molecule has 3 aromatic rings. The number of aryl methyl sites for hydroxylation is 1. The summed E-state index contributed by atoms with van der Waals surface area (Å²) in [7, 11) is 0. The third kappa shape index (κ3) is 2.73. The van der Waals surface area contributed by atoms with Gasteiger partial charge in [0.15, 0.2) is 10.8 Å². The van der Waals surface area contributed by atoms with Crippen LogP contribution in [0.4, 0.5) is 5.13 Å². The maximum Gasteiger partial charge on any atom is 0.278 e. The second-order valence-corrected chi connectivity index (χ2v) is 5.57. The fourth-order valence-electron chi connectivity index (χ4n) is 1.61. The molecule has 0 saturated heterocycles. The number of amides is 1. The van der Waals surface area contributed by atoms with Crippen LogP contribution in [0.25, 0.3) is 11.3 Å². The summed E-state index contributed by atoms with van der Waals surface area (Å²) in [5.74, 6) is -0.288. The van der Waals surface area contributed by atoms with Crippen LogP contribution in [0.2, 0.25) is 0 Å². The maximum atomic E-state index is 11.8. The normalized spacial score (nSPS) is 10.4. The Morgan fingerprint density at radius 3 is 2.75 bits per heavy atom. The van der Waals surface area contributed by atoms with Crippen LogP contribution in [-0.2, 0) is 0 Å². The van der Waals surface area contributed by atoms with Crippen molar-refractivity contribution < 1.29 is 4.79 Å². The summed E-state index contributed by atoms with van der Waals surface area (Å²) in [6.45, 7) is 2.04. The lowest BCUT2D eigenvalue weighted by Gasteiger charge is -1.98. The molecule has 2 heterocycles. The van der Waals surface area contributed by atoms with Crippen molar-refractivity contribution in [1.82, 2.24) is 13.7 Å². The molecule has 5 nitrogen and oxygen atoms in total. The van der Waals surface area contributed by atoms with Gasteiger partial charge in [-0.3, -0.25) is 10.1 Å². The van der Waals surface area contributed by atoms with Gasteiger partial charge in [-0.2, -0.15) is 8.75 Å². The summed E-state index contributed by atoms with van der Waals surface area (Å²) in [6, 6.07) is 8.10. The van der Waals surface area contributed by atoms with Gasteiger partial charge in [0.2, 0.25) is 0 Å². The molecule has 1 amide bonds. The third-order valence-electron chi connectivity index (χ3n) is 2.67. The van der Waals surface area contributed by atoms with Crippen molar-refractivity contribution in [3.63, 3.8) is 0 Å². The second-order valence-electron chi connectivity index (χ2n) is 4.15. The summed E-state index contributed by atoms with van der Waals surface area (Å²) in [6.07, 6.45) is 1.44. The van der Waals surface area contributed by atoms with E-state index in [2.05, 4.69) is 19.0 Å². The lowest BCUT2D eigenvalue weighted by Crippen LogP contribution is -2.11. The van der Waals surface area contributed by atoms with E-state index >= 15 is 0 Å². The summed E-state index contributed by atoms with van der Waals surface area (Å²) >= 11 is 2.39. The van der Waals surface area contributed by atoms with Crippen LogP contribution in [0.3, 0.4) is 0 Å². The van der Waals surface area contributed by atoms with Gasteiger partial charge in [-0.15, -0.1) is 11.3 Å². The van der Waals surface area contributed by atoms with Crippen LogP contribution in [0.5, 0.6) is 0 Å². The maximum absolute atomic E-state index is 11.8. The summed E-state index contributed by atoms with van der Waals surface area (Å²) in [5.41, 5.74) is 3.39. The molecular weight excluding hydrogens is 292 g/mol. The van der Waals surface area contributed by atoms with Gasteiger partial charge >= 0.3 is 0 Å². The van der Waals surface area contributed by atoms with E-state index in [-0.39, 0.29) is 5.91 Å². The van der Waals surface area contributed by atoms with E-state index < -0.39 is 0 Å². The van der Waals surface area contributed by atoms with Gasteiger partial charge in [0.1, 0.15) is 0 Å². The minimum Gasteiger partial charge on any atom is -0.296 e. The number of anilines is 1. The highest BCUT2D eigenvalue weighted by Gasteiger charge is 2.11. The highest BCUT2D eigenvalue weighted by Crippen LogP contribution is 2.25. The summed E-state index contributed by atoms with van der Waals surface area (Å²) in [4.78, 5) is 16.2. The highest BCUT2D eigenvalue weighted by molar-refractivity contribution is 7.14. The van der Waals surface area contributed by atoms with Crippen molar-refractivity contribution in [3.8, 4) is 11.3 Å². The number of benzene rings is 1. The Bertz CT molecular complexity index is 719. The van der Waals surface area contributed by atoms with Crippen LogP contribution in [0.15, 0.2) is 35.8 Å². The molecule has 1 aromatic carbocycles. The largest absolute Gasteiger partial charge is 0.296 e. The molecule has 0 saturated carbocycles. The Morgan fingerprint density at radius 2 is 2.05 bits per heavy atom. The van der Waals surface area contributed by atoms with Crippen molar-refractivity contribution >= 4 is 34.1 Å². The molecule has 1 N–H and O–H groups in total. The van der Waals surface area contributed by atoms with Crippen molar-refractivity contribution in [2.75, 3.05) is 5.32 Å². The van der Waals surface area contributed by atoms with Gasteiger partial charge < -0.3 is 0 Å². The predicted molar refractivity (Wildman–Crippen MR) is 80.1 cm³/mol. The van der Waals surface area contributed by atoms with Gasteiger partial charge in [0, 0.05) is 10.9 Å². The Kier molecular flexibility index (Phi) is 3.53. The average Bonchev–Trinajstić information content (AvgIpc) is 3.10. The molecule has 3 rings (SSSR count). The number of thiazole rings is 1. The van der Waals surface area contributed by atoms with Crippen molar-refractivity contribution in [2.24, 2.45) is 0 Å². The second kappa shape index (κ2) is 5.48. The molecule has 0 aliphatic rings. The smallest absolute Gasteiger partial charge is 0.278 e. The number of hydrogen-bond donors (Lipinski definition) is 1. The minimum atomic E-state index is -0.288. The molecule has 0 spiro atoms. The number of carbonyl (C=O) groups excluding carboxylic acids is 1. The first kappa shape index (κ1) is 12.9. The zero-order valence-electron chi connectivity index (χ0n) is 10.5. The van der Waals surface area contributed by atoms with E-state index in [1.54, 1.807) is 0 Å². The molecule has 100 valence electrons. The Morgan fingerprint density at radius 1 is 1.25 bits per heavy atom. The van der Waals surface area contributed by atoms with E-state index in [4.69, 9.17) is 0 Å². The molecule has 0 aliphatic carbocycles. The number of nitrogens with one attached hydrogen (secondary N) is 1. The van der Waals surface area contributed by atoms with Gasteiger partial charge in [0.25, 0.3) is 5.91 Å². The first-order chi connectivity index (χ1) is 9.72. The number of nitrogens with zero attached hydrogens (tertiary/aromatic N) is 3. The fourth-order valence-corrected chi connectivity index (χ4v) is 2.74. The van der Waals surface area contributed by atoms with Gasteiger partial charge in [0.05, 0.1) is 23.6 Å². The monoisotopic (exact) mass is 302 g/mol. The summed E-state index contributed by atoms with van der Waals surface area (Å²) in [5, 5.41) is 5.19. The molecule has 20 heavy (non-hydrogen) atoms. The van der Waals surface area contributed by atoms with Crippen LogP contribution >= 0.6 is 23.1 Å². The number of rotatable bonds is 3. The SMILES string of the molecule is Cc1ccc(-c2csc(NC(=O)c3cnsn3)n2)cc1. The molecule has 7 heteroatoms. The lowest BCUT2D eigenvalue weighted by atomic mass is 10.1. The van der Waals surface area contributed by atoms with Crippen molar-refractivity contribution in [2.45, 2.75) is 6.92 Å². The minimum absolute atomic E-state index is 0.288.